The maximum Gasteiger partial charge on any atom is 0.224 e. The van der Waals surface area contributed by atoms with E-state index in [9.17, 15) is 4.79 Å². The Morgan fingerprint density at radius 2 is 2.35 bits per heavy atom. The number of nitrogens with zero attached hydrogens (tertiary/aromatic N) is 3. The normalized spacial score (nSPS) is 12.2. The predicted octanol–water partition coefficient (Wildman–Crippen LogP) is 1.99. The van der Waals surface area contributed by atoms with E-state index in [1.54, 1.807) is 29.2 Å². The maximum absolute atomic E-state index is 11.9. The number of amides is 1. The number of benzene rings is 1. The van der Waals surface area contributed by atoms with Crippen LogP contribution in [0.2, 0.25) is 5.02 Å². The van der Waals surface area contributed by atoms with Crippen molar-refractivity contribution in [2.24, 2.45) is 5.73 Å². The number of hydrogen-bond acceptors (Lipinski definition) is 4. The first-order valence-corrected chi connectivity index (χ1v) is 6.64. The van der Waals surface area contributed by atoms with Gasteiger partial charge < -0.3 is 11.1 Å². The zero-order chi connectivity index (χ0) is 14.5. The molecular weight excluding hydrogens is 278 g/mol. The molecule has 1 aromatic heterocycles. The minimum absolute atomic E-state index is 0.00472. The molecule has 6 nitrogen and oxygen atoms in total. The topological polar surface area (TPSA) is 85.8 Å². The fraction of sp³-hybridized carbons (Fsp3) is 0.308. The minimum Gasteiger partial charge on any atom is -0.328 e. The molecule has 20 heavy (non-hydrogen) atoms. The molecule has 1 amide bonds. The van der Waals surface area contributed by atoms with E-state index in [2.05, 4.69) is 15.4 Å². The second-order valence-corrected chi connectivity index (χ2v) is 5.00. The highest BCUT2D eigenvalue weighted by atomic mass is 35.5. The summed E-state index contributed by atoms with van der Waals surface area (Å²) in [6.07, 6.45) is 3.98. The van der Waals surface area contributed by atoms with E-state index in [1.807, 2.05) is 6.92 Å². The summed E-state index contributed by atoms with van der Waals surface area (Å²) < 4.78 is 1.57. The van der Waals surface area contributed by atoms with Crippen LogP contribution in [0.25, 0.3) is 5.69 Å². The van der Waals surface area contributed by atoms with Crippen LogP contribution in [0.4, 0.5) is 5.69 Å². The van der Waals surface area contributed by atoms with Crippen LogP contribution in [0.1, 0.15) is 19.8 Å². The van der Waals surface area contributed by atoms with E-state index >= 15 is 0 Å². The van der Waals surface area contributed by atoms with Crippen molar-refractivity contribution in [1.29, 1.82) is 0 Å². The van der Waals surface area contributed by atoms with E-state index in [-0.39, 0.29) is 11.9 Å². The molecule has 1 heterocycles. The Labute approximate surface area is 121 Å². The van der Waals surface area contributed by atoms with Crippen molar-refractivity contribution in [2.45, 2.75) is 25.8 Å². The minimum atomic E-state index is -0.106. The Balaban J connectivity index is 2.18. The van der Waals surface area contributed by atoms with Crippen LogP contribution in [-0.2, 0) is 4.79 Å². The molecular formula is C13H16ClN5O. The van der Waals surface area contributed by atoms with Crippen molar-refractivity contribution in [2.75, 3.05) is 5.32 Å². The summed E-state index contributed by atoms with van der Waals surface area (Å²) in [5.74, 6) is -0.106. The van der Waals surface area contributed by atoms with Gasteiger partial charge in [0.15, 0.2) is 0 Å². The molecule has 1 atom stereocenters. The molecule has 0 aliphatic rings. The molecule has 0 aliphatic carbocycles. The van der Waals surface area contributed by atoms with Crippen molar-refractivity contribution >= 4 is 23.2 Å². The SMILES string of the molecule is CC(N)CCC(=O)Nc1cc(Cl)ccc1-n1cncn1. The highest BCUT2D eigenvalue weighted by Crippen LogP contribution is 2.24. The summed E-state index contributed by atoms with van der Waals surface area (Å²) >= 11 is 5.97. The number of hydrogen-bond donors (Lipinski definition) is 2. The van der Waals surface area contributed by atoms with Crippen molar-refractivity contribution in [3.05, 3.63) is 35.9 Å². The lowest BCUT2D eigenvalue weighted by Gasteiger charge is -2.12. The molecule has 0 aliphatic heterocycles. The first-order chi connectivity index (χ1) is 9.56. The lowest BCUT2D eigenvalue weighted by Crippen LogP contribution is -2.20. The van der Waals surface area contributed by atoms with Gasteiger partial charge in [-0.2, -0.15) is 5.10 Å². The van der Waals surface area contributed by atoms with Gasteiger partial charge in [0.1, 0.15) is 12.7 Å². The molecule has 1 unspecified atom stereocenters. The number of carbonyl (C=O) groups is 1. The van der Waals surface area contributed by atoms with Crippen LogP contribution in [-0.4, -0.2) is 26.7 Å². The number of anilines is 1. The zero-order valence-electron chi connectivity index (χ0n) is 11.1. The number of halogens is 1. The molecule has 2 aromatic rings. The van der Waals surface area contributed by atoms with Gasteiger partial charge >= 0.3 is 0 Å². The van der Waals surface area contributed by atoms with Crippen LogP contribution in [0.3, 0.4) is 0 Å². The number of aromatic nitrogens is 3. The van der Waals surface area contributed by atoms with Gasteiger partial charge in [-0.25, -0.2) is 9.67 Å². The van der Waals surface area contributed by atoms with E-state index in [0.29, 0.717) is 29.2 Å². The summed E-state index contributed by atoms with van der Waals surface area (Å²) in [5, 5.41) is 7.42. The van der Waals surface area contributed by atoms with Crippen LogP contribution < -0.4 is 11.1 Å². The number of nitrogens with two attached hydrogens (primary N) is 1. The lowest BCUT2D eigenvalue weighted by molar-refractivity contribution is -0.116. The Kier molecular flexibility index (Phi) is 4.70. The van der Waals surface area contributed by atoms with Crippen LogP contribution in [0.5, 0.6) is 0 Å². The standard InChI is InChI=1S/C13H16ClN5O/c1-9(15)2-5-13(20)18-11-6-10(14)3-4-12(11)19-8-16-7-17-19/h3-4,6-9H,2,5,15H2,1H3,(H,18,20). The van der Waals surface area contributed by atoms with Gasteiger partial charge in [0, 0.05) is 17.5 Å². The van der Waals surface area contributed by atoms with Gasteiger partial charge in [0.25, 0.3) is 0 Å². The Morgan fingerprint density at radius 1 is 1.55 bits per heavy atom. The first kappa shape index (κ1) is 14.5. The summed E-state index contributed by atoms with van der Waals surface area (Å²) in [4.78, 5) is 15.8. The number of carbonyl (C=O) groups excluding carboxylic acids is 1. The first-order valence-electron chi connectivity index (χ1n) is 6.26. The van der Waals surface area contributed by atoms with Gasteiger partial charge in [0.2, 0.25) is 5.91 Å². The van der Waals surface area contributed by atoms with Crippen LogP contribution in [0.15, 0.2) is 30.9 Å². The molecule has 0 radical (unpaired) electrons. The van der Waals surface area contributed by atoms with Crippen LogP contribution in [0, 0.1) is 0 Å². The molecule has 0 spiro atoms. The number of rotatable bonds is 5. The third kappa shape index (κ3) is 3.79. The molecule has 1 aromatic carbocycles. The Hall–Kier alpha value is -1.92. The molecule has 2 rings (SSSR count). The zero-order valence-corrected chi connectivity index (χ0v) is 11.8. The third-order valence-corrected chi connectivity index (χ3v) is 2.96. The van der Waals surface area contributed by atoms with E-state index in [4.69, 9.17) is 17.3 Å². The van der Waals surface area contributed by atoms with Gasteiger partial charge in [-0.05, 0) is 31.5 Å². The lowest BCUT2D eigenvalue weighted by atomic mass is 10.2. The van der Waals surface area contributed by atoms with Crippen molar-refractivity contribution in [3.63, 3.8) is 0 Å². The van der Waals surface area contributed by atoms with Crippen LogP contribution >= 0.6 is 11.6 Å². The Morgan fingerprint density at radius 3 is 3.00 bits per heavy atom. The van der Waals surface area contributed by atoms with Gasteiger partial charge in [-0.3, -0.25) is 4.79 Å². The molecule has 0 saturated carbocycles. The fourth-order valence-electron chi connectivity index (χ4n) is 1.71. The van der Waals surface area contributed by atoms with E-state index < -0.39 is 0 Å². The van der Waals surface area contributed by atoms with Crippen molar-refractivity contribution in [1.82, 2.24) is 14.8 Å². The summed E-state index contributed by atoms with van der Waals surface area (Å²) in [6, 6.07) is 5.19. The smallest absolute Gasteiger partial charge is 0.224 e. The summed E-state index contributed by atoms with van der Waals surface area (Å²) in [7, 11) is 0. The summed E-state index contributed by atoms with van der Waals surface area (Å²) in [5.41, 5.74) is 6.95. The molecule has 7 heteroatoms. The van der Waals surface area contributed by atoms with Gasteiger partial charge in [-0.15, -0.1) is 0 Å². The van der Waals surface area contributed by atoms with Crippen molar-refractivity contribution < 1.29 is 4.79 Å². The molecule has 3 N–H and O–H groups in total. The summed E-state index contributed by atoms with van der Waals surface area (Å²) in [6.45, 7) is 1.87. The molecule has 0 fully saturated rings. The molecule has 0 saturated heterocycles. The second kappa shape index (κ2) is 6.49. The monoisotopic (exact) mass is 293 g/mol. The van der Waals surface area contributed by atoms with E-state index in [0.717, 1.165) is 0 Å². The quantitative estimate of drug-likeness (QED) is 0.882. The van der Waals surface area contributed by atoms with Gasteiger partial charge in [0.05, 0.1) is 11.4 Å². The number of nitrogens with one attached hydrogen (secondary N) is 1. The third-order valence-electron chi connectivity index (χ3n) is 2.72. The predicted molar refractivity (Wildman–Crippen MR) is 77.9 cm³/mol. The van der Waals surface area contributed by atoms with Gasteiger partial charge in [-0.1, -0.05) is 11.6 Å². The fourth-order valence-corrected chi connectivity index (χ4v) is 1.88. The highest BCUT2D eigenvalue weighted by Gasteiger charge is 2.10. The second-order valence-electron chi connectivity index (χ2n) is 4.57. The average Bonchev–Trinajstić information content (AvgIpc) is 2.90. The average molecular weight is 294 g/mol. The van der Waals surface area contributed by atoms with Crippen molar-refractivity contribution in [3.8, 4) is 5.69 Å². The maximum atomic E-state index is 11.9. The Bertz CT molecular complexity index is 582. The molecule has 0 bridgehead atoms. The largest absolute Gasteiger partial charge is 0.328 e. The highest BCUT2D eigenvalue weighted by molar-refractivity contribution is 6.31. The molecule has 106 valence electrons. The van der Waals surface area contributed by atoms with E-state index in [1.165, 1.54) is 6.33 Å².